The van der Waals surface area contributed by atoms with E-state index in [9.17, 15) is 4.79 Å². The summed E-state index contributed by atoms with van der Waals surface area (Å²) >= 11 is 9.31. The van der Waals surface area contributed by atoms with Gasteiger partial charge in [-0.15, -0.1) is 0 Å². The van der Waals surface area contributed by atoms with Gasteiger partial charge in [-0.05, 0) is 52.7 Å². The number of nitrogens with two attached hydrogens (primary N) is 1. The lowest BCUT2D eigenvalue weighted by Gasteiger charge is -2.10. The number of amides is 1. The van der Waals surface area contributed by atoms with Gasteiger partial charge < -0.3 is 11.1 Å². The number of rotatable bonds is 2. The van der Waals surface area contributed by atoms with Gasteiger partial charge in [0.1, 0.15) is 0 Å². The Morgan fingerprint density at radius 2 is 2.05 bits per heavy atom. The Bertz CT molecular complexity index is 643. The SMILES string of the molecule is Cc1ccc(C(=O)Nc2cccc(Cl)c2Br)c(N)c1. The van der Waals surface area contributed by atoms with Crippen molar-refractivity contribution in [3.63, 3.8) is 0 Å². The Labute approximate surface area is 124 Å². The van der Waals surface area contributed by atoms with E-state index in [0.29, 0.717) is 26.4 Å². The van der Waals surface area contributed by atoms with E-state index in [1.807, 2.05) is 13.0 Å². The van der Waals surface area contributed by atoms with Crippen LogP contribution in [0.5, 0.6) is 0 Å². The van der Waals surface area contributed by atoms with Crippen LogP contribution in [0.2, 0.25) is 5.02 Å². The molecule has 0 bridgehead atoms. The van der Waals surface area contributed by atoms with E-state index in [2.05, 4.69) is 21.2 Å². The number of nitrogens with one attached hydrogen (secondary N) is 1. The summed E-state index contributed by atoms with van der Waals surface area (Å²) in [6.45, 7) is 1.92. The first-order valence-electron chi connectivity index (χ1n) is 5.60. The number of aryl methyl sites for hydroxylation is 1. The largest absolute Gasteiger partial charge is 0.398 e. The fourth-order valence-corrected chi connectivity index (χ4v) is 2.22. The highest BCUT2D eigenvalue weighted by Gasteiger charge is 2.12. The van der Waals surface area contributed by atoms with Crippen LogP contribution in [0.1, 0.15) is 15.9 Å². The minimum absolute atomic E-state index is 0.263. The molecule has 0 spiro atoms. The normalized spacial score (nSPS) is 10.3. The van der Waals surface area contributed by atoms with E-state index in [0.717, 1.165) is 5.56 Å². The number of nitrogen functional groups attached to an aromatic ring is 1. The molecule has 0 saturated heterocycles. The van der Waals surface area contributed by atoms with E-state index >= 15 is 0 Å². The Morgan fingerprint density at radius 1 is 1.32 bits per heavy atom. The first kappa shape index (κ1) is 13.9. The molecule has 2 aromatic carbocycles. The molecule has 0 heterocycles. The number of hydrogen-bond donors (Lipinski definition) is 2. The first-order valence-corrected chi connectivity index (χ1v) is 6.77. The standard InChI is InChI=1S/C14H12BrClN2O/c1-8-5-6-9(11(17)7-8)14(19)18-12-4-2-3-10(16)13(12)15/h2-7H,17H2,1H3,(H,18,19). The number of carbonyl (C=O) groups is 1. The fourth-order valence-electron chi connectivity index (χ4n) is 1.68. The average molecular weight is 340 g/mol. The second-order valence-corrected chi connectivity index (χ2v) is 5.35. The molecular formula is C14H12BrClN2O. The number of anilines is 2. The Morgan fingerprint density at radius 3 is 2.74 bits per heavy atom. The van der Waals surface area contributed by atoms with Crippen LogP contribution in [0.3, 0.4) is 0 Å². The molecule has 3 nitrogen and oxygen atoms in total. The monoisotopic (exact) mass is 338 g/mol. The summed E-state index contributed by atoms with van der Waals surface area (Å²) in [5, 5.41) is 3.31. The zero-order valence-electron chi connectivity index (χ0n) is 10.2. The number of carbonyl (C=O) groups excluding carboxylic acids is 1. The van der Waals surface area contributed by atoms with Gasteiger partial charge in [0.05, 0.1) is 20.7 Å². The Balaban J connectivity index is 2.28. The Hall–Kier alpha value is -1.52. The second kappa shape index (κ2) is 5.63. The highest BCUT2D eigenvalue weighted by atomic mass is 79.9. The zero-order chi connectivity index (χ0) is 14.0. The van der Waals surface area contributed by atoms with Gasteiger partial charge in [-0.25, -0.2) is 0 Å². The quantitative estimate of drug-likeness (QED) is 0.804. The summed E-state index contributed by atoms with van der Waals surface area (Å²) in [6.07, 6.45) is 0. The van der Waals surface area contributed by atoms with Gasteiger partial charge in [0.15, 0.2) is 0 Å². The maximum atomic E-state index is 12.2. The first-order chi connectivity index (χ1) is 8.99. The minimum atomic E-state index is -0.263. The van der Waals surface area contributed by atoms with Crippen molar-refractivity contribution in [2.45, 2.75) is 6.92 Å². The molecule has 0 unspecified atom stereocenters. The summed E-state index contributed by atoms with van der Waals surface area (Å²) in [5.74, 6) is -0.263. The van der Waals surface area contributed by atoms with Gasteiger partial charge in [-0.2, -0.15) is 0 Å². The lowest BCUT2D eigenvalue weighted by molar-refractivity contribution is 0.102. The van der Waals surface area contributed by atoms with Crippen molar-refractivity contribution < 1.29 is 4.79 Å². The molecule has 0 aliphatic rings. The van der Waals surface area contributed by atoms with E-state index in [1.165, 1.54) is 0 Å². The van der Waals surface area contributed by atoms with Crippen LogP contribution in [-0.2, 0) is 0 Å². The van der Waals surface area contributed by atoms with Crippen molar-refractivity contribution in [2.75, 3.05) is 11.1 Å². The molecule has 5 heteroatoms. The van der Waals surface area contributed by atoms with Gasteiger partial charge in [-0.1, -0.05) is 23.7 Å². The molecule has 0 aliphatic carbocycles. The predicted molar refractivity (Wildman–Crippen MR) is 82.7 cm³/mol. The van der Waals surface area contributed by atoms with Gasteiger partial charge in [-0.3, -0.25) is 4.79 Å². The zero-order valence-corrected chi connectivity index (χ0v) is 12.5. The van der Waals surface area contributed by atoms with Crippen molar-refractivity contribution in [3.8, 4) is 0 Å². The van der Waals surface area contributed by atoms with E-state index in [4.69, 9.17) is 17.3 Å². The second-order valence-electron chi connectivity index (χ2n) is 4.15. The van der Waals surface area contributed by atoms with Crippen LogP contribution in [0.4, 0.5) is 11.4 Å². The highest BCUT2D eigenvalue weighted by molar-refractivity contribution is 9.10. The van der Waals surface area contributed by atoms with Crippen molar-refractivity contribution in [1.82, 2.24) is 0 Å². The number of hydrogen-bond acceptors (Lipinski definition) is 2. The third-order valence-corrected chi connectivity index (χ3v) is 4.05. The molecule has 3 N–H and O–H groups in total. The summed E-state index contributed by atoms with van der Waals surface area (Å²) in [6, 6.07) is 10.6. The number of benzene rings is 2. The highest BCUT2D eigenvalue weighted by Crippen LogP contribution is 2.30. The molecule has 0 radical (unpaired) electrons. The molecule has 0 fully saturated rings. The molecule has 98 valence electrons. The molecule has 0 aromatic heterocycles. The van der Waals surface area contributed by atoms with Gasteiger partial charge >= 0.3 is 0 Å². The predicted octanol–water partition coefficient (Wildman–Crippen LogP) is 4.25. The van der Waals surface area contributed by atoms with E-state index in [1.54, 1.807) is 30.3 Å². The van der Waals surface area contributed by atoms with Crippen LogP contribution >= 0.6 is 27.5 Å². The van der Waals surface area contributed by atoms with Gasteiger partial charge in [0.25, 0.3) is 5.91 Å². The summed E-state index contributed by atoms with van der Waals surface area (Å²) in [5.41, 5.74) is 8.36. The van der Waals surface area contributed by atoms with Crippen molar-refractivity contribution in [1.29, 1.82) is 0 Å². The third kappa shape index (κ3) is 3.08. The summed E-state index contributed by atoms with van der Waals surface area (Å²) in [4.78, 5) is 12.2. The van der Waals surface area contributed by atoms with Crippen LogP contribution < -0.4 is 11.1 Å². The molecule has 2 rings (SSSR count). The van der Waals surface area contributed by atoms with Crippen molar-refractivity contribution in [3.05, 3.63) is 57.0 Å². The van der Waals surface area contributed by atoms with E-state index < -0.39 is 0 Å². The molecule has 0 atom stereocenters. The maximum absolute atomic E-state index is 12.2. The lowest BCUT2D eigenvalue weighted by atomic mass is 10.1. The summed E-state index contributed by atoms with van der Waals surface area (Å²) < 4.78 is 0.649. The molecule has 0 saturated carbocycles. The molecule has 1 amide bonds. The maximum Gasteiger partial charge on any atom is 0.257 e. The lowest BCUT2D eigenvalue weighted by Crippen LogP contribution is -2.14. The Kier molecular flexibility index (Phi) is 4.12. The number of halogens is 2. The van der Waals surface area contributed by atoms with Crippen molar-refractivity contribution >= 4 is 44.8 Å². The van der Waals surface area contributed by atoms with Crippen LogP contribution in [0, 0.1) is 6.92 Å². The average Bonchev–Trinajstić information content (AvgIpc) is 2.34. The van der Waals surface area contributed by atoms with Gasteiger partial charge in [0, 0.05) is 5.69 Å². The van der Waals surface area contributed by atoms with Crippen LogP contribution in [-0.4, -0.2) is 5.91 Å². The van der Waals surface area contributed by atoms with Gasteiger partial charge in [0.2, 0.25) is 0 Å². The van der Waals surface area contributed by atoms with Crippen LogP contribution in [0.25, 0.3) is 0 Å². The van der Waals surface area contributed by atoms with E-state index in [-0.39, 0.29) is 5.91 Å². The molecule has 19 heavy (non-hydrogen) atoms. The van der Waals surface area contributed by atoms with Crippen molar-refractivity contribution in [2.24, 2.45) is 0 Å². The molecule has 2 aromatic rings. The van der Waals surface area contributed by atoms with Crippen LogP contribution in [0.15, 0.2) is 40.9 Å². The summed E-state index contributed by atoms with van der Waals surface area (Å²) in [7, 11) is 0. The molecule has 0 aliphatic heterocycles. The fraction of sp³-hybridized carbons (Fsp3) is 0.0714. The smallest absolute Gasteiger partial charge is 0.257 e. The molecular weight excluding hydrogens is 328 g/mol. The topological polar surface area (TPSA) is 55.1 Å². The minimum Gasteiger partial charge on any atom is -0.398 e. The third-order valence-electron chi connectivity index (χ3n) is 2.65.